The average Bonchev–Trinajstić information content (AvgIpc) is 2.74. The monoisotopic (exact) mass is 462 g/mol. The van der Waals surface area contributed by atoms with Gasteiger partial charge in [0.2, 0.25) is 0 Å². The summed E-state index contributed by atoms with van der Waals surface area (Å²) in [6.07, 6.45) is 3.17. The highest BCUT2D eigenvalue weighted by molar-refractivity contribution is 9.15. The molecule has 0 radical (unpaired) electrons. The lowest BCUT2D eigenvalue weighted by Gasteiger charge is -2.45. The molecular weight excluding hydrogens is 436 g/mol. The third-order valence-electron chi connectivity index (χ3n) is 5.81. The fourth-order valence-corrected chi connectivity index (χ4v) is 9.67. The molecule has 0 aliphatic heterocycles. The second-order valence-electron chi connectivity index (χ2n) is 8.64. The molecule has 3 aromatic rings. The summed E-state index contributed by atoms with van der Waals surface area (Å²) in [5.41, 5.74) is 2.51. The Labute approximate surface area is 183 Å². The fourth-order valence-electron chi connectivity index (χ4n) is 4.46. The Morgan fingerprint density at radius 1 is 0.793 bits per heavy atom. The quantitative estimate of drug-likeness (QED) is 0.405. The molecule has 3 aromatic carbocycles. The second kappa shape index (κ2) is 8.06. The van der Waals surface area contributed by atoms with Crippen molar-refractivity contribution in [1.82, 2.24) is 0 Å². The van der Waals surface area contributed by atoms with Crippen LogP contribution >= 0.6 is 15.9 Å². The molecule has 4 rings (SSSR count). The minimum Gasteiger partial charge on any atom is -0.400 e. The predicted molar refractivity (Wildman–Crippen MR) is 129 cm³/mol. The van der Waals surface area contributed by atoms with E-state index in [4.69, 9.17) is 4.43 Å². The van der Waals surface area contributed by atoms with Gasteiger partial charge >= 0.3 is 0 Å². The molecule has 1 atom stereocenters. The molecule has 3 heteroatoms. The minimum atomic E-state index is -2.57. The van der Waals surface area contributed by atoms with Gasteiger partial charge in [0.1, 0.15) is 0 Å². The number of rotatable bonds is 4. The van der Waals surface area contributed by atoms with E-state index in [1.807, 2.05) is 0 Å². The van der Waals surface area contributed by atoms with E-state index in [0.717, 1.165) is 10.9 Å². The highest BCUT2D eigenvalue weighted by atomic mass is 79.9. The van der Waals surface area contributed by atoms with E-state index >= 15 is 0 Å². The van der Waals surface area contributed by atoms with Crippen LogP contribution in [0.15, 0.2) is 91.0 Å². The number of benzene rings is 3. The summed E-state index contributed by atoms with van der Waals surface area (Å²) in [6, 6.07) is 30.4. The molecule has 1 aliphatic carbocycles. The molecule has 0 saturated heterocycles. The largest absolute Gasteiger partial charge is 0.400 e. The molecule has 0 amide bonds. The maximum atomic E-state index is 7.36. The third kappa shape index (κ3) is 3.68. The Kier molecular flexibility index (Phi) is 5.65. The summed E-state index contributed by atoms with van der Waals surface area (Å²) in [5, 5.41) is 2.62. The van der Waals surface area contributed by atoms with Gasteiger partial charge in [0.15, 0.2) is 0 Å². The molecule has 0 N–H and O–H groups in total. The van der Waals surface area contributed by atoms with Crippen LogP contribution in [0.25, 0.3) is 4.48 Å². The number of hydrogen-bond donors (Lipinski definition) is 0. The lowest BCUT2D eigenvalue weighted by atomic mass is 9.95. The van der Waals surface area contributed by atoms with Gasteiger partial charge in [0.05, 0.1) is 6.10 Å². The van der Waals surface area contributed by atoms with E-state index in [1.54, 1.807) is 0 Å². The van der Waals surface area contributed by atoms with Crippen LogP contribution in [0.5, 0.6) is 0 Å². The molecule has 148 valence electrons. The lowest BCUT2D eigenvalue weighted by Crippen LogP contribution is -2.66. The minimum absolute atomic E-state index is 0.0248. The highest BCUT2D eigenvalue weighted by Crippen LogP contribution is 2.44. The summed E-state index contributed by atoms with van der Waals surface area (Å²) >= 11 is 3.74. The zero-order chi connectivity index (χ0) is 20.5. The Balaban J connectivity index is 1.91. The van der Waals surface area contributed by atoms with Gasteiger partial charge in [-0.05, 0) is 33.0 Å². The van der Waals surface area contributed by atoms with Gasteiger partial charge in [-0.1, -0.05) is 128 Å². The number of fused-ring (bicyclic) bond motifs is 1. The van der Waals surface area contributed by atoms with Crippen molar-refractivity contribution in [3.05, 3.63) is 102 Å². The van der Waals surface area contributed by atoms with Gasteiger partial charge in [-0.3, -0.25) is 0 Å². The normalized spacial score (nSPS) is 16.8. The first kappa shape index (κ1) is 20.3. The predicted octanol–water partition coefficient (Wildman–Crippen LogP) is 6.44. The third-order valence-corrected chi connectivity index (χ3v) is 11.6. The first-order chi connectivity index (χ1) is 13.9. The van der Waals surface area contributed by atoms with Crippen molar-refractivity contribution >= 4 is 39.1 Å². The van der Waals surface area contributed by atoms with E-state index in [9.17, 15) is 0 Å². The molecule has 0 bridgehead atoms. The molecule has 29 heavy (non-hydrogen) atoms. The fraction of sp³-hybridized carbons (Fsp3) is 0.231. The van der Waals surface area contributed by atoms with Gasteiger partial charge in [-0.25, -0.2) is 0 Å². The van der Waals surface area contributed by atoms with Crippen LogP contribution in [0.2, 0.25) is 5.04 Å². The van der Waals surface area contributed by atoms with Crippen molar-refractivity contribution in [3.8, 4) is 0 Å². The summed E-state index contributed by atoms with van der Waals surface area (Å²) in [4.78, 5) is 0. The maximum Gasteiger partial charge on any atom is 0.261 e. The SMILES string of the molecule is CC(C)(C)[Si](O[C@H]1CC=C(Br)c2ccccc21)(c1ccccc1)c1ccccc1. The van der Waals surface area contributed by atoms with E-state index in [0.29, 0.717) is 0 Å². The van der Waals surface area contributed by atoms with Crippen LogP contribution in [-0.4, -0.2) is 8.32 Å². The molecule has 0 unspecified atom stereocenters. The summed E-state index contributed by atoms with van der Waals surface area (Å²) in [5.74, 6) is 0. The van der Waals surface area contributed by atoms with Crippen molar-refractivity contribution in [2.75, 3.05) is 0 Å². The second-order valence-corrected chi connectivity index (χ2v) is 13.8. The maximum absolute atomic E-state index is 7.36. The van der Waals surface area contributed by atoms with Crippen LogP contribution in [0.1, 0.15) is 44.4 Å². The van der Waals surface area contributed by atoms with Gasteiger partial charge in [0.25, 0.3) is 8.32 Å². The van der Waals surface area contributed by atoms with Crippen molar-refractivity contribution in [2.45, 2.75) is 38.3 Å². The number of halogens is 1. The van der Waals surface area contributed by atoms with Crippen LogP contribution in [-0.2, 0) is 4.43 Å². The van der Waals surface area contributed by atoms with E-state index in [1.165, 1.54) is 21.5 Å². The zero-order valence-corrected chi connectivity index (χ0v) is 19.8. The molecule has 1 nitrogen and oxygen atoms in total. The van der Waals surface area contributed by atoms with Gasteiger partial charge in [0, 0.05) is 4.48 Å². The molecule has 0 heterocycles. The smallest absolute Gasteiger partial charge is 0.261 e. The molecular formula is C26H27BrOSi. The van der Waals surface area contributed by atoms with E-state index in [2.05, 4.69) is 128 Å². The van der Waals surface area contributed by atoms with E-state index in [-0.39, 0.29) is 11.1 Å². The standard InChI is InChI=1S/C26H27BrOSi/c1-26(2,3)29(20-12-6-4-7-13-20,21-14-8-5-9-15-21)28-25-19-18-24(27)22-16-10-11-17-23(22)25/h4-18,25H,19H2,1-3H3/t25-/m0/s1. The molecule has 0 saturated carbocycles. The number of hydrogen-bond acceptors (Lipinski definition) is 1. The van der Waals surface area contributed by atoms with Crippen molar-refractivity contribution in [2.24, 2.45) is 0 Å². The molecule has 0 aromatic heterocycles. The van der Waals surface area contributed by atoms with Gasteiger partial charge in [-0.2, -0.15) is 0 Å². The van der Waals surface area contributed by atoms with Crippen LogP contribution in [0.3, 0.4) is 0 Å². The Hall–Kier alpha value is -1.94. The van der Waals surface area contributed by atoms with Crippen LogP contribution < -0.4 is 10.4 Å². The average molecular weight is 463 g/mol. The Morgan fingerprint density at radius 3 is 1.86 bits per heavy atom. The van der Waals surface area contributed by atoms with Crippen LogP contribution in [0, 0.1) is 0 Å². The topological polar surface area (TPSA) is 9.23 Å². The zero-order valence-electron chi connectivity index (χ0n) is 17.2. The first-order valence-electron chi connectivity index (χ1n) is 10.2. The lowest BCUT2D eigenvalue weighted by molar-refractivity contribution is 0.192. The van der Waals surface area contributed by atoms with Gasteiger partial charge in [-0.15, -0.1) is 0 Å². The summed E-state index contributed by atoms with van der Waals surface area (Å²) in [6.45, 7) is 7.00. The molecule has 1 aliphatic rings. The van der Waals surface area contributed by atoms with Crippen molar-refractivity contribution in [3.63, 3.8) is 0 Å². The summed E-state index contributed by atoms with van der Waals surface area (Å²) < 4.78 is 8.53. The van der Waals surface area contributed by atoms with E-state index < -0.39 is 8.32 Å². The summed E-state index contributed by atoms with van der Waals surface area (Å²) in [7, 11) is -2.57. The first-order valence-corrected chi connectivity index (χ1v) is 12.9. The van der Waals surface area contributed by atoms with Gasteiger partial charge < -0.3 is 4.43 Å². The van der Waals surface area contributed by atoms with Crippen molar-refractivity contribution in [1.29, 1.82) is 0 Å². The molecule has 0 fully saturated rings. The van der Waals surface area contributed by atoms with Crippen molar-refractivity contribution < 1.29 is 4.43 Å². The Morgan fingerprint density at radius 2 is 1.31 bits per heavy atom. The van der Waals surface area contributed by atoms with Crippen LogP contribution in [0.4, 0.5) is 0 Å². The highest BCUT2D eigenvalue weighted by Gasteiger charge is 2.51. The molecule has 0 spiro atoms. The Bertz CT molecular complexity index is 966.